The molecule has 1 aromatic rings. The number of hydrogen-bond acceptors (Lipinski definition) is 13. The molecule has 0 spiro atoms. The van der Waals surface area contributed by atoms with Crippen LogP contribution in [0.5, 0.6) is 5.75 Å². The second-order valence-electron chi connectivity index (χ2n) is 7.35. The molecule has 180 valence electrons. The van der Waals surface area contributed by atoms with Crippen molar-refractivity contribution in [3.8, 4) is 5.75 Å². The van der Waals surface area contributed by atoms with Gasteiger partial charge in [-0.05, 0) is 6.07 Å². The summed E-state index contributed by atoms with van der Waals surface area (Å²) in [4.78, 5) is 10.4. The van der Waals surface area contributed by atoms with E-state index in [2.05, 4.69) is 0 Å². The van der Waals surface area contributed by atoms with Gasteiger partial charge >= 0.3 is 5.69 Å². The predicted octanol–water partition coefficient (Wildman–Crippen LogP) is -3.40. The van der Waals surface area contributed by atoms with E-state index in [-0.39, 0.29) is 5.75 Å². The summed E-state index contributed by atoms with van der Waals surface area (Å²) in [6, 6.07) is 5.27. The fraction of sp³-hybridized carbons (Fsp3) is 0.667. The molecule has 2 aliphatic rings. The van der Waals surface area contributed by atoms with Gasteiger partial charge in [0.05, 0.1) is 18.1 Å². The van der Waals surface area contributed by atoms with E-state index in [0.29, 0.717) is 0 Å². The Morgan fingerprint density at radius 1 is 0.844 bits per heavy atom. The summed E-state index contributed by atoms with van der Waals surface area (Å²) in [5.41, 5.74) is -0.418. The highest BCUT2D eigenvalue weighted by Crippen LogP contribution is 2.33. The molecule has 2 heterocycles. The second-order valence-corrected chi connectivity index (χ2v) is 7.35. The Hall–Kier alpha value is -1.98. The highest BCUT2D eigenvalue weighted by molar-refractivity contribution is 5.45. The van der Waals surface area contributed by atoms with Crippen LogP contribution in [0.15, 0.2) is 24.3 Å². The van der Waals surface area contributed by atoms with E-state index in [1.54, 1.807) is 0 Å². The third-order valence-electron chi connectivity index (χ3n) is 5.27. The van der Waals surface area contributed by atoms with Crippen LogP contribution in [-0.4, -0.2) is 115 Å². The number of nitrogens with zero attached hydrogens (tertiary/aromatic N) is 1. The summed E-state index contributed by atoms with van der Waals surface area (Å²) in [5, 5.41) is 80.9. The zero-order valence-electron chi connectivity index (χ0n) is 16.5. The number of benzene rings is 1. The van der Waals surface area contributed by atoms with Gasteiger partial charge in [0.1, 0.15) is 48.8 Å². The molecule has 0 amide bonds. The Morgan fingerprint density at radius 3 is 2.06 bits per heavy atom. The molecule has 0 aromatic heterocycles. The maximum Gasteiger partial charge on any atom is 0.311 e. The van der Waals surface area contributed by atoms with Gasteiger partial charge in [-0.25, -0.2) is 0 Å². The van der Waals surface area contributed by atoms with Crippen LogP contribution in [0.2, 0.25) is 0 Å². The zero-order valence-corrected chi connectivity index (χ0v) is 16.5. The minimum absolute atomic E-state index is 0.251. The van der Waals surface area contributed by atoms with Gasteiger partial charge in [-0.15, -0.1) is 0 Å². The fourth-order valence-electron chi connectivity index (χ4n) is 3.49. The Balaban J connectivity index is 1.75. The van der Waals surface area contributed by atoms with Gasteiger partial charge in [-0.3, -0.25) is 10.1 Å². The van der Waals surface area contributed by atoms with Crippen LogP contribution < -0.4 is 4.74 Å². The molecule has 2 aliphatic heterocycles. The molecule has 0 bridgehead atoms. The van der Waals surface area contributed by atoms with E-state index in [9.17, 15) is 45.9 Å². The number of para-hydroxylation sites is 2. The van der Waals surface area contributed by atoms with Crippen LogP contribution in [0, 0.1) is 10.1 Å². The number of aliphatic hydroxyl groups excluding tert-OH is 7. The highest BCUT2D eigenvalue weighted by Gasteiger charge is 2.51. The average molecular weight is 463 g/mol. The van der Waals surface area contributed by atoms with Gasteiger partial charge in [0.2, 0.25) is 6.29 Å². The van der Waals surface area contributed by atoms with Gasteiger partial charge in [0, 0.05) is 6.07 Å². The second kappa shape index (κ2) is 10.3. The van der Waals surface area contributed by atoms with Crippen LogP contribution >= 0.6 is 0 Å². The Labute approximate surface area is 180 Å². The Morgan fingerprint density at radius 2 is 1.44 bits per heavy atom. The lowest BCUT2D eigenvalue weighted by atomic mass is 9.97. The molecule has 0 aliphatic carbocycles. The summed E-state index contributed by atoms with van der Waals surface area (Å²) >= 11 is 0. The molecule has 0 radical (unpaired) electrons. The lowest BCUT2D eigenvalue weighted by molar-refractivity contribution is -0.387. The van der Waals surface area contributed by atoms with Crippen LogP contribution in [-0.2, 0) is 14.2 Å². The van der Waals surface area contributed by atoms with E-state index in [1.807, 2.05) is 0 Å². The third kappa shape index (κ3) is 4.84. The highest BCUT2D eigenvalue weighted by atomic mass is 16.7. The zero-order chi connectivity index (χ0) is 23.6. The largest absolute Gasteiger partial charge is 0.455 e. The summed E-state index contributed by atoms with van der Waals surface area (Å²) in [7, 11) is 0. The summed E-state index contributed by atoms with van der Waals surface area (Å²) in [6.45, 7) is -1.48. The Kier molecular flexibility index (Phi) is 7.94. The molecular weight excluding hydrogens is 438 g/mol. The first-order valence-corrected chi connectivity index (χ1v) is 9.68. The van der Waals surface area contributed by atoms with Crippen LogP contribution in [0.25, 0.3) is 0 Å². The van der Waals surface area contributed by atoms with Gasteiger partial charge in [0.25, 0.3) is 0 Å². The molecule has 0 unspecified atom stereocenters. The topological polar surface area (TPSA) is 222 Å². The summed E-state index contributed by atoms with van der Waals surface area (Å²) in [6.07, 6.45) is -16.2. The minimum Gasteiger partial charge on any atom is -0.455 e. The summed E-state index contributed by atoms with van der Waals surface area (Å²) in [5.74, 6) is -0.251. The van der Waals surface area contributed by atoms with E-state index in [1.165, 1.54) is 18.2 Å². The first-order chi connectivity index (χ1) is 15.2. The van der Waals surface area contributed by atoms with Gasteiger partial charge in [-0.2, -0.15) is 0 Å². The van der Waals surface area contributed by atoms with Crippen LogP contribution in [0.3, 0.4) is 0 Å². The quantitative estimate of drug-likeness (QED) is 0.155. The van der Waals surface area contributed by atoms with Crippen molar-refractivity contribution in [1.29, 1.82) is 0 Å². The molecule has 2 saturated heterocycles. The maximum absolute atomic E-state index is 11.2. The van der Waals surface area contributed by atoms with Crippen molar-refractivity contribution in [1.82, 2.24) is 0 Å². The number of nitro benzene ring substituents is 1. The number of ether oxygens (including phenoxy) is 4. The molecular formula is C18H25NO13. The first kappa shape index (κ1) is 24.7. The molecule has 0 saturated carbocycles. The lowest BCUT2D eigenvalue weighted by Crippen LogP contribution is -2.65. The maximum atomic E-state index is 11.2. The van der Waals surface area contributed by atoms with Crippen molar-refractivity contribution >= 4 is 5.69 Å². The normalized spacial score (nSPS) is 40.1. The Bertz CT molecular complexity index is 777. The van der Waals surface area contributed by atoms with Crippen molar-refractivity contribution in [2.75, 3.05) is 13.2 Å². The van der Waals surface area contributed by atoms with Crippen LogP contribution in [0.4, 0.5) is 5.69 Å². The molecule has 14 heteroatoms. The van der Waals surface area contributed by atoms with E-state index >= 15 is 0 Å². The smallest absolute Gasteiger partial charge is 0.311 e. The predicted molar refractivity (Wildman–Crippen MR) is 100 cm³/mol. The standard InChI is InChI=1S/C18H25NO13/c20-5-9-11(22)12(23)14(25)18(30-9)32-16-10(6-21)31-17(15(26)13(16)24)29-8-4-2-1-3-7(8)19(27)28/h1-4,9-18,20-26H,5-6H2/t9-,10-,11+,12+,13-,14+,15-,16+,17+,18-/m0/s1. The molecule has 14 nitrogen and oxygen atoms in total. The number of hydrogen-bond donors (Lipinski definition) is 7. The number of nitro groups is 1. The van der Waals surface area contributed by atoms with Crippen molar-refractivity contribution in [2.45, 2.75) is 61.4 Å². The number of rotatable bonds is 7. The molecule has 2 fully saturated rings. The van der Waals surface area contributed by atoms with Gasteiger partial charge in [0.15, 0.2) is 12.0 Å². The minimum atomic E-state index is -1.81. The van der Waals surface area contributed by atoms with Crippen molar-refractivity contribution < 1.29 is 59.6 Å². The molecule has 3 rings (SSSR count). The summed E-state index contributed by atoms with van der Waals surface area (Å²) < 4.78 is 21.4. The molecule has 32 heavy (non-hydrogen) atoms. The van der Waals surface area contributed by atoms with Crippen molar-refractivity contribution in [3.63, 3.8) is 0 Å². The lowest BCUT2D eigenvalue weighted by Gasteiger charge is -2.45. The van der Waals surface area contributed by atoms with Gasteiger partial charge < -0.3 is 54.7 Å². The van der Waals surface area contributed by atoms with E-state index in [0.717, 1.165) is 6.07 Å². The number of aliphatic hydroxyl groups is 7. The fourth-order valence-corrected chi connectivity index (χ4v) is 3.49. The van der Waals surface area contributed by atoms with Crippen LogP contribution in [0.1, 0.15) is 0 Å². The van der Waals surface area contributed by atoms with Gasteiger partial charge in [-0.1, -0.05) is 12.1 Å². The SMILES string of the molecule is O=[N+]([O-])c1ccccc1O[C@@H]1O[C@@H](CO)[C@@H](O[C@@H]2O[C@@H](CO)[C@@H](O)[C@@H](O)[C@H]2O)[C@@H](O)[C@@H]1O. The average Bonchev–Trinajstić information content (AvgIpc) is 2.78. The molecule has 7 N–H and O–H groups in total. The monoisotopic (exact) mass is 463 g/mol. The first-order valence-electron chi connectivity index (χ1n) is 9.68. The van der Waals surface area contributed by atoms with E-state index < -0.39 is 85.2 Å². The van der Waals surface area contributed by atoms with Crippen molar-refractivity contribution in [3.05, 3.63) is 34.4 Å². The third-order valence-corrected chi connectivity index (χ3v) is 5.27. The van der Waals surface area contributed by atoms with Crippen molar-refractivity contribution in [2.24, 2.45) is 0 Å². The molecule has 10 atom stereocenters. The van der Waals surface area contributed by atoms with E-state index in [4.69, 9.17) is 18.9 Å². The molecule has 1 aromatic carbocycles.